The molecule has 0 saturated heterocycles. The summed E-state index contributed by atoms with van der Waals surface area (Å²) in [5, 5.41) is 38.6. The third-order valence-corrected chi connectivity index (χ3v) is 3.08. The monoisotopic (exact) mass is 286 g/mol. The van der Waals surface area contributed by atoms with Gasteiger partial charge in [0.1, 0.15) is 23.0 Å². The molecule has 0 bridgehead atoms. The van der Waals surface area contributed by atoms with Crippen LogP contribution in [-0.4, -0.2) is 26.2 Å². The number of aliphatic hydroxyl groups is 3. The molecule has 1 aliphatic carbocycles. The number of phenols is 1. The summed E-state index contributed by atoms with van der Waals surface area (Å²) in [6, 6.07) is 6.20. The predicted molar refractivity (Wildman–Crippen MR) is 77.8 cm³/mol. The van der Waals surface area contributed by atoms with Crippen LogP contribution in [0.5, 0.6) is 5.75 Å². The van der Waals surface area contributed by atoms with E-state index >= 15 is 0 Å². The van der Waals surface area contributed by atoms with Gasteiger partial charge in [0, 0.05) is 12.2 Å². The smallest absolute Gasteiger partial charge is 0.186 e. The maximum atomic E-state index is 11.1. The zero-order valence-corrected chi connectivity index (χ0v) is 11.2. The van der Waals surface area contributed by atoms with Gasteiger partial charge in [-0.05, 0) is 36.3 Å². The summed E-state index contributed by atoms with van der Waals surface area (Å²) in [6.07, 6.45) is 3.08. The summed E-state index contributed by atoms with van der Waals surface area (Å²) >= 11 is 0. The van der Waals surface area contributed by atoms with E-state index in [1.165, 1.54) is 18.2 Å². The second-order valence-corrected chi connectivity index (χ2v) is 4.58. The van der Waals surface area contributed by atoms with E-state index in [4.69, 9.17) is 0 Å². The van der Waals surface area contributed by atoms with Gasteiger partial charge in [0.25, 0.3) is 0 Å². The van der Waals surface area contributed by atoms with Crippen molar-refractivity contribution >= 4 is 11.4 Å². The average molecular weight is 286 g/mol. The first-order valence-corrected chi connectivity index (χ1v) is 6.15. The minimum Gasteiger partial charge on any atom is -0.508 e. The van der Waals surface area contributed by atoms with Crippen LogP contribution in [0.25, 0.3) is 5.57 Å². The highest BCUT2D eigenvalue weighted by Crippen LogP contribution is 2.25. The number of phenolic OH excluding ortho intramolecular Hbond substituents is 1. The molecule has 4 N–H and O–H groups in total. The van der Waals surface area contributed by atoms with Crippen molar-refractivity contribution in [3.05, 3.63) is 70.9 Å². The van der Waals surface area contributed by atoms with Crippen molar-refractivity contribution in [1.82, 2.24) is 0 Å². The van der Waals surface area contributed by atoms with Crippen LogP contribution in [0, 0.1) is 0 Å². The summed E-state index contributed by atoms with van der Waals surface area (Å²) in [5.74, 6) is -1.42. The van der Waals surface area contributed by atoms with E-state index in [1.54, 1.807) is 19.1 Å². The number of hydrogen-bond acceptors (Lipinski definition) is 5. The molecule has 5 heteroatoms. The van der Waals surface area contributed by atoms with E-state index in [2.05, 4.69) is 0 Å². The molecule has 0 atom stereocenters. The minimum atomic E-state index is -0.527. The maximum absolute atomic E-state index is 11.1. The Balaban J connectivity index is 2.41. The van der Waals surface area contributed by atoms with Gasteiger partial charge in [-0.1, -0.05) is 12.1 Å². The van der Waals surface area contributed by atoms with Crippen LogP contribution in [-0.2, 0) is 4.79 Å². The molecular weight excluding hydrogens is 272 g/mol. The summed E-state index contributed by atoms with van der Waals surface area (Å²) < 4.78 is 0. The van der Waals surface area contributed by atoms with Crippen LogP contribution >= 0.6 is 0 Å². The molecule has 108 valence electrons. The highest BCUT2D eigenvalue weighted by Gasteiger charge is 2.17. The van der Waals surface area contributed by atoms with Crippen LogP contribution in [0.1, 0.15) is 12.5 Å². The molecule has 0 aromatic heterocycles. The lowest BCUT2D eigenvalue weighted by Crippen LogP contribution is -2.05. The molecule has 0 radical (unpaired) electrons. The summed E-state index contributed by atoms with van der Waals surface area (Å²) in [7, 11) is 0. The molecule has 0 aliphatic heterocycles. The summed E-state index contributed by atoms with van der Waals surface area (Å²) in [6.45, 7) is 1.65. The molecule has 0 saturated carbocycles. The zero-order valence-electron chi connectivity index (χ0n) is 11.2. The Morgan fingerprint density at radius 1 is 1.00 bits per heavy atom. The van der Waals surface area contributed by atoms with Gasteiger partial charge in [-0.2, -0.15) is 0 Å². The van der Waals surface area contributed by atoms with Gasteiger partial charge in [-0.3, -0.25) is 4.79 Å². The van der Waals surface area contributed by atoms with Crippen LogP contribution in [0.15, 0.2) is 65.3 Å². The molecule has 0 heterocycles. The van der Waals surface area contributed by atoms with Gasteiger partial charge in [-0.15, -0.1) is 0 Å². The van der Waals surface area contributed by atoms with Gasteiger partial charge in [-0.25, -0.2) is 0 Å². The number of carbonyl (C=O) groups excluding carboxylic acids is 1. The van der Waals surface area contributed by atoms with Gasteiger partial charge >= 0.3 is 0 Å². The Morgan fingerprint density at radius 2 is 1.52 bits per heavy atom. The van der Waals surface area contributed by atoms with Crippen LogP contribution in [0.2, 0.25) is 0 Å². The van der Waals surface area contributed by atoms with Gasteiger partial charge in [0.2, 0.25) is 0 Å². The second-order valence-electron chi connectivity index (χ2n) is 4.58. The zero-order chi connectivity index (χ0) is 15.6. The summed E-state index contributed by atoms with van der Waals surface area (Å²) in [4.78, 5) is 11.1. The lowest BCUT2D eigenvalue weighted by molar-refractivity contribution is -0.110. The fourth-order valence-corrected chi connectivity index (χ4v) is 1.85. The van der Waals surface area contributed by atoms with E-state index in [9.17, 15) is 25.2 Å². The number of ketones is 1. The molecule has 1 aromatic rings. The van der Waals surface area contributed by atoms with Crippen molar-refractivity contribution in [2.24, 2.45) is 0 Å². The van der Waals surface area contributed by atoms with E-state index in [0.717, 1.165) is 12.2 Å². The maximum Gasteiger partial charge on any atom is 0.186 e. The number of hydrogen-bond donors (Lipinski definition) is 4. The standard InChI is InChI=1S/C16H14O5/c1-9(10-2-4-11(17)5-3-10)14(19)8-13-15(20)6-12(18)7-16(13)21/h2-8,17,19-21H,1H3/b14-9-. The molecule has 0 fully saturated rings. The molecule has 5 nitrogen and oxygen atoms in total. The Labute approximate surface area is 121 Å². The second kappa shape index (κ2) is 5.58. The Morgan fingerprint density at radius 3 is 2.05 bits per heavy atom. The largest absolute Gasteiger partial charge is 0.508 e. The molecule has 0 unspecified atom stereocenters. The van der Waals surface area contributed by atoms with Crippen molar-refractivity contribution < 1.29 is 25.2 Å². The highest BCUT2D eigenvalue weighted by atomic mass is 16.3. The molecule has 0 spiro atoms. The number of allylic oxidation sites excluding steroid dienone is 4. The minimum absolute atomic E-state index is 0.0368. The lowest BCUT2D eigenvalue weighted by Gasteiger charge is -2.11. The van der Waals surface area contributed by atoms with Crippen molar-refractivity contribution in [1.29, 1.82) is 0 Å². The quantitative estimate of drug-likeness (QED) is 0.626. The molecule has 1 aromatic carbocycles. The lowest BCUT2D eigenvalue weighted by atomic mass is 10.0. The Kier molecular flexibility index (Phi) is 3.84. The summed E-state index contributed by atoms with van der Waals surface area (Å²) in [5.41, 5.74) is 1.12. The third kappa shape index (κ3) is 3.14. The third-order valence-electron chi connectivity index (χ3n) is 3.08. The van der Waals surface area contributed by atoms with Gasteiger partial charge in [0.15, 0.2) is 5.78 Å². The normalized spacial score (nSPS) is 16.0. The van der Waals surface area contributed by atoms with E-state index < -0.39 is 17.3 Å². The van der Waals surface area contributed by atoms with Crippen molar-refractivity contribution in [2.75, 3.05) is 0 Å². The Hall–Kier alpha value is -2.95. The number of carbonyl (C=O) groups is 1. The average Bonchev–Trinajstić information content (AvgIpc) is 2.42. The number of aliphatic hydroxyl groups excluding tert-OH is 3. The van der Waals surface area contributed by atoms with Crippen LogP contribution in [0.4, 0.5) is 0 Å². The first-order chi connectivity index (χ1) is 9.88. The fraction of sp³-hybridized carbons (Fsp3) is 0.0625. The number of aromatic hydroxyl groups is 1. The Bertz CT molecular complexity index is 679. The SMILES string of the molecule is C/C(=C(/O)C=C1C(O)=CC(=O)C=C1O)c1ccc(O)cc1. The highest BCUT2D eigenvalue weighted by molar-refractivity contribution is 6.02. The van der Waals surface area contributed by atoms with E-state index in [1.807, 2.05) is 0 Å². The van der Waals surface area contributed by atoms with Gasteiger partial charge in [0.05, 0.1) is 5.57 Å². The number of benzene rings is 1. The van der Waals surface area contributed by atoms with Crippen molar-refractivity contribution in [3.63, 3.8) is 0 Å². The molecule has 0 amide bonds. The van der Waals surface area contributed by atoms with Gasteiger partial charge < -0.3 is 20.4 Å². The molecule has 2 rings (SSSR count). The van der Waals surface area contributed by atoms with E-state index in [0.29, 0.717) is 11.1 Å². The van der Waals surface area contributed by atoms with Crippen LogP contribution < -0.4 is 0 Å². The molecule has 21 heavy (non-hydrogen) atoms. The predicted octanol–water partition coefficient (Wildman–Crippen LogP) is 3.07. The molecular formula is C16H14O5. The van der Waals surface area contributed by atoms with E-state index in [-0.39, 0.29) is 17.1 Å². The number of rotatable bonds is 2. The first-order valence-electron chi connectivity index (χ1n) is 6.15. The first kappa shape index (κ1) is 14.5. The fourth-order valence-electron chi connectivity index (χ4n) is 1.85. The topological polar surface area (TPSA) is 98.0 Å². The van der Waals surface area contributed by atoms with Crippen molar-refractivity contribution in [3.8, 4) is 5.75 Å². The van der Waals surface area contributed by atoms with Crippen molar-refractivity contribution in [2.45, 2.75) is 6.92 Å². The van der Waals surface area contributed by atoms with Crippen LogP contribution in [0.3, 0.4) is 0 Å². The molecule has 1 aliphatic rings.